The van der Waals surface area contributed by atoms with Gasteiger partial charge in [-0.1, -0.05) is 26.0 Å². The maximum absolute atomic E-state index is 12.4. The van der Waals surface area contributed by atoms with E-state index in [1.54, 1.807) is 13.8 Å². The standard InChI is InChI=1S/C13H13F3O2/c1-8(2)11(17)7-12(18)9-4-3-5-10(6-9)13(14,15)16/h3-6,8H,7H2,1-2H3. The lowest BCUT2D eigenvalue weighted by atomic mass is 9.99. The molecule has 0 atom stereocenters. The van der Waals surface area contributed by atoms with Gasteiger partial charge in [0.05, 0.1) is 12.0 Å². The van der Waals surface area contributed by atoms with E-state index in [0.29, 0.717) is 0 Å². The molecule has 0 unspecified atom stereocenters. The minimum atomic E-state index is -4.49. The van der Waals surface area contributed by atoms with Gasteiger partial charge >= 0.3 is 6.18 Å². The molecular formula is C13H13F3O2. The largest absolute Gasteiger partial charge is 0.416 e. The third kappa shape index (κ3) is 3.68. The summed E-state index contributed by atoms with van der Waals surface area (Å²) in [6.45, 7) is 3.28. The predicted octanol–water partition coefficient (Wildman–Crippen LogP) is 3.50. The van der Waals surface area contributed by atoms with E-state index in [-0.39, 0.29) is 23.7 Å². The zero-order chi connectivity index (χ0) is 13.9. The number of hydrogen-bond acceptors (Lipinski definition) is 2. The van der Waals surface area contributed by atoms with E-state index >= 15 is 0 Å². The number of benzene rings is 1. The van der Waals surface area contributed by atoms with Crippen molar-refractivity contribution >= 4 is 11.6 Å². The Hall–Kier alpha value is -1.65. The minimum Gasteiger partial charge on any atom is -0.299 e. The summed E-state index contributed by atoms with van der Waals surface area (Å²) in [5.41, 5.74) is -0.968. The molecule has 0 radical (unpaired) electrons. The van der Waals surface area contributed by atoms with Gasteiger partial charge < -0.3 is 0 Å². The van der Waals surface area contributed by atoms with Crippen LogP contribution in [0.1, 0.15) is 36.2 Å². The van der Waals surface area contributed by atoms with Crippen molar-refractivity contribution in [3.8, 4) is 0 Å². The molecule has 2 nitrogen and oxygen atoms in total. The van der Waals surface area contributed by atoms with Crippen molar-refractivity contribution in [1.82, 2.24) is 0 Å². The van der Waals surface area contributed by atoms with Crippen LogP contribution in [-0.4, -0.2) is 11.6 Å². The van der Waals surface area contributed by atoms with Crippen molar-refractivity contribution in [2.45, 2.75) is 26.4 Å². The Balaban J connectivity index is 2.91. The molecule has 0 aliphatic heterocycles. The highest BCUT2D eigenvalue weighted by molar-refractivity contribution is 6.08. The van der Waals surface area contributed by atoms with Crippen molar-refractivity contribution in [3.05, 3.63) is 35.4 Å². The maximum atomic E-state index is 12.4. The molecule has 0 heterocycles. The van der Waals surface area contributed by atoms with Gasteiger partial charge in [-0.25, -0.2) is 0 Å². The Morgan fingerprint density at radius 3 is 2.33 bits per heavy atom. The molecule has 18 heavy (non-hydrogen) atoms. The number of alkyl halides is 3. The van der Waals surface area contributed by atoms with Crippen molar-refractivity contribution in [1.29, 1.82) is 0 Å². The second-order valence-corrected chi connectivity index (χ2v) is 4.30. The van der Waals surface area contributed by atoms with Gasteiger partial charge in [0.1, 0.15) is 5.78 Å². The molecule has 98 valence electrons. The maximum Gasteiger partial charge on any atom is 0.416 e. The molecule has 0 amide bonds. The topological polar surface area (TPSA) is 34.1 Å². The van der Waals surface area contributed by atoms with Crippen molar-refractivity contribution < 1.29 is 22.8 Å². The first-order valence-electron chi connectivity index (χ1n) is 5.45. The van der Waals surface area contributed by atoms with Gasteiger partial charge in [-0.3, -0.25) is 9.59 Å². The van der Waals surface area contributed by atoms with Gasteiger partial charge in [0.15, 0.2) is 5.78 Å². The lowest BCUT2D eigenvalue weighted by Gasteiger charge is -2.08. The van der Waals surface area contributed by atoms with E-state index in [1.165, 1.54) is 6.07 Å². The first-order valence-corrected chi connectivity index (χ1v) is 5.45. The first kappa shape index (κ1) is 14.4. The molecule has 0 N–H and O–H groups in total. The molecule has 0 spiro atoms. The summed E-state index contributed by atoms with van der Waals surface area (Å²) in [4.78, 5) is 23.0. The average Bonchev–Trinajstić information content (AvgIpc) is 2.27. The summed E-state index contributed by atoms with van der Waals surface area (Å²) in [7, 11) is 0. The van der Waals surface area contributed by atoms with Crippen LogP contribution in [-0.2, 0) is 11.0 Å². The van der Waals surface area contributed by atoms with Crippen molar-refractivity contribution in [2.24, 2.45) is 5.92 Å². The van der Waals surface area contributed by atoms with Gasteiger partial charge in [-0.05, 0) is 12.1 Å². The Morgan fingerprint density at radius 1 is 1.22 bits per heavy atom. The molecule has 0 aromatic heterocycles. The monoisotopic (exact) mass is 258 g/mol. The molecule has 0 bridgehead atoms. The lowest BCUT2D eigenvalue weighted by Crippen LogP contribution is -2.14. The summed E-state index contributed by atoms with van der Waals surface area (Å²) in [5, 5.41) is 0. The summed E-state index contributed by atoms with van der Waals surface area (Å²) in [6.07, 6.45) is -4.85. The third-order valence-corrected chi connectivity index (χ3v) is 2.49. The van der Waals surface area contributed by atoms with E-state index in [0.717, 1.165) is 18.2 Å². The normalized spacial score (nSPS) is 11.7. The molecule has 0 aliphatic carbocycles. The second-order valence-electron chi connectivity index (χ2n) is 4.30. The van der Waals surface area contributed by atoms with E-state index in [4.69, 9.17) is 0 Å². The van der Waals surface area contributed by atoms with Crippen LogP contribution >= 0.6 is 0 Å². The summed E-state index contributed by atoms with van der Waals surface area (Å²) >= 11 is 0. The molecular weight excluding hydrogens is 245 g/mol. The van der Waals surface area contributed by atoms with Crippen LogP contribution in [0.15, 0.2) is 24.3 Å². The summed E-state index contributed by atoms with van der Waals surface area (Å²) in [6, 6.07) is 4.11. The zero-order valence-corrected chi connectivity index (χ0v) is 10.0. The molecule has 0 fully saturated rings. The SMILES string of the molecule is CC(C)C(=O)CC(=O)c1cccc(C(F)(F)F)c1. The fourth-order valence-corrected chi connectivity index (χ4v) is 1.33. The zero-order valence-electron chi connectivity index (χ0n) is 10.0. The first-order chi connectivity index (χ1) is 8.21. The third-order valence-electron chi connectivity index (χ3n) is 2.49. The van der Waals surface area contributed by atoms with Crippen LogP contribution in [0.3, 0.4) is 0 Å². The number of hydrogen-bond donors (Lipinski definition) is 0. The lowest BCUT2D eigenvalue weighted by molar-refractivity contribution is -0.137. The Labute approximate surface area is 103 Å². The molecule has 0 saturated heterocycles. The van der Waals surface area contributed by atoms with Gasteiger partial charge in [0.2, 0.25) is 0 Å². The van der Waals surface area contributed by atoms with E-state index in [2.05, 4.69) is 0 Å². The van der Waals surface area contributed by atoms with E-state index < -0.39 is 17.5 Å². The van der Waals surface area contributed by atoms with E-state index in [9.17, 15) is 22.8 Å². The quantitative estimate of drug-likeness (QED) is 0.611. The number of ketones is 2. The van der Waals surface area contributed by atoms with Crippen LogP contribution in [0.5, 0.6) is 0 Å². The number of Topliss-reactive ketones (excluding diaryl/α,β-unsaturated/α-hetero) is 2. The minimum absolute atomic E-state index is 0.0844. The second kappa shape index (κ2) is 5.33. The van der Waals surface area contributed by atoms with Gasteiger partial charge in [0.25, 0.3) is 0 Å². The molecule has 1 aromatic rings. The number of carbonyl (C=O) groups excluding carboxylic acids is 2. The highest BCUT2D eigenvalue weighted by Gasteiger charge is 2.31. The van der Waals surface area contributed by atoms with Crippen molar-refractivity contribution in [3.63, 3.8) is 0 Å². The number of rotatable bonds is 4. The summed E-state index contributed by atoms with van der Waals surface area (Å²) in [5.74, 6) is -1.17. The van der Waals surface area contributed by atoms with Crippen LogP contribution in [0, 0.1) is 5.92 Å². The Morgan fingerprint density at radius 2 is 1.83 bits per heavy atom. The number of carbonyl (C=O) groups is 2. The molecule has 5 heteroatoms. The van der Waals surface area contributed by atoms with Crippen LogP contribution in [0.2, 0.25) is 0 Å². The smallest absolute Gasteiger partial charge is 0.299 e. The Kier molecular flexibility index (Phi) is 4.27. The molecule has 0 saturated carbocycles. The fraction of sp³-hybridized carbons (Fsp3) is 0.385. The highest BCUT2D eigenvalue weighted by atomic mass is 19.4. The number of halogens is 3. The van der Waals surface area contributed by atoms with Crippen LogP contribution < -0.4 is 0 Å². The van der Waals surface area contributed by atoms with Crippen LogP contribution in [0.25, 0.3) is 0 Å². The van der Waals surface area contributed by atoms with Crippen molar-refractivity contribution in [2.75, 3.05) is 0 Å². The Bertz CT molecular complexity index is 462. The molecule has 1 rings (SSSR count). The van der Waals surface area contributed by atoms with Gasteiger partial charge in [-0.15, -0.1) is 0 Å². The fourth-order valence-electron chi connectivity index (χ4n) is 1.33. The van der Waals surface area contributed by atoms with Gasteiger partial charge in [-0.2, -0.15) is 13.2 Å². The van der Waals surface area contributed by atoms with Crippen LogP contribution in [0.4, 0.5) is 13.2 Å². The van der Waals surface area contributed by atoms with E-state index in [1.807, 2.05) is 0 Å². The molecule has 1 aromatic carbocycles. The average molecular weight is 258 g/mol. The highest BCUT2D eigenvalue weighted by Crippen LogP contribution is 2.29. The molecule has 0 aliphatic rings. The van der Waals surface area contributed by atoms with Gasteiger partial charge in [0, 0.05) is 11.5 Å². The predicted molar refractivity (Wildman–Crippen MR) is 60.2 cm³/mol. The summed E-state index contributed by atoms with van der Waals surface area (Å²) < 4.78 is 37.3.